The molecule has 8 nitrogen and oxygen atoms in total. The van der Waals surface area contributed by atoms with Gasteiger partial charge in [-0.25, -0.2) is 9.98 Å². The van der Waals surface area contributed by atoms with Crippen molar-refractivity contribution in [3.8, 4) is 0 Å². The van der Waals surface area contributed by atoms with Gasteiger partial charge < -0.3 is 26.0 Å². The number of nitrogens with one attached hydrogen (secondary N) is 2. The Balaban J connectivity index is 0.00000392. The second-order valence-electron chi connectivity index (χ2n) is 6.64. The van der Waals surface area contributed by atoms with E-state index in [0.717, 1.165) is 62.8 Å². The molecular formula is C19H33IN6O2. The van der Waals surface area contributed by atoms with Crippen LogP contribution in [-0.4, -0.2) is 56.7 Å². The molecule has 0 aliphatic carbocycles. The van der Waals surface area contributed by atoms with Crippen LogP contribution < -0.4 is 21.3 Å². The number of nitrogens with two attached hydrogens (primary N) is 1. The van der Waals surface area contributed by atoms with Gasteiger partial charge in [-0.05, 0) is 32.3 Å². The van der Waals surface area contributed by atoms with Crippen molar-refractivity contribution < 1.29 is 9.53 Å². The van der Waals surface area contributed by atoms with Crippen LogP contribution in [0.5, 0.6) is 0 Å². The number of primary amides is 1. The smallest absolute Gasteiger partial charge is 0.222 e. The fraction of sp³-hybridized carbons (Fsp3) is 0.632. The van der Waals surface area contributed by atoms with Gasteiger partial charge >= 0.3 is 0 Å². The van der Waals surface area contributed by atoms with E-state index in [1.165, 1.54) is 0 Å². The minimum atomic E-state index is -0.232. The molecule has 1 unspecified atom stereocenters. The highest BCUT2D eigenvalue weighted by molar-refractivity contribution is 14.0. The Labute approximate surface area is 184 Å². The first-order chi connectivity index (χ1) is 13.2. The van der Waals surface area contributed by atoms with Crippen LogP contribution in [0.3, 0.4) is 0 Å². The van der Waals surface area contributed by atoms with E-state index < -0.39 is 0 Å². The van der Waals surface area contributed by atoms with E-state index in [2.05, 4.69) is 25.5 Å². The lowest BCUT2D eigenvalue weighted by Gasteiger charge is -2.33. The summed E-state index contributed by atoms with van der Waals surface area (Å²) in [4.78, 5) is 23.0. The zero-order chi connectivity index (χ0) is 19.5. The van der Waals surface area contributed by atoms with Crippen LogP contribution in [0.2, 0.25) is 0 Å². The molecule has 0 spiro atoms. The van der Waals surface area contributed by atoms with Crippen LogP contribution in [0.15, 0.2) is 23.3 Å². The Morgan fingerprint density at radius 3 is 3.00 bits per heavy atom. The van der Waals surface area contributed by atoms with Crippen molar-refractivity contribution in [3.63, 3.8) is 0 Å². The van der Waals surface area contributed by atoms with Gasteiger partial charge in [0.05, 0.1) is 12.5 Å². The van der Waals surface area contributed by atoms with E-state index in [4.69, 9.17) is 10.5 Å². The van der Waals surface area contributed by atoms with Gasteiger partial charge in [0.1, 0.15) is 5.82 Å². The SMILES string of the molecule is CCNC(=NCc1cccnc1N1CCCC(C(N)=O)C1)NCCCOC.I. The molecule has 1 fully saturated rings. The van der Waals surface area contributed by atoms with Gasteiger partial charge in [-0.1, -0.05) is 6.07 Å². The number of rotatable bonds is 9. The number of nitrogens with zero attached hydrogens (tertiary/aromatic N) is 3. The van der Waals surface area contributed by atoms with E-state index in [-0.39, 0.29) is 35.8 Å². The largest absolute Gasteiger partial charge is 0.385 e. The Kier molecular flexibility index (Phi) is 11.8. The molecule has 1 aliphatic rings. The Morgan fingerprint density at radius 1 is 1.46 bits per heavy atom. The quantitative estimate of drug-likeness (QED) is 0.204. The molecule has 0 aromatic carbocycles. The maximum atomic E-state index is 11.6. The van der Waals surface area contributed by atoms with Crippen LogP contribution >= 0.6 is 24.0 Å². The number of anilines is 1. The fourth-order valence-corrected chi connectivity index (χ4v) is 3.17. The minimum absolute atomic E-state index is 0. The molecule has 28 heavy (non-hydrogen) atoms. The van der Waals surface area contributed by atoms with Gasteiger partial charge in [-0.15, -0.1) is 24.0 Å². The summed E-state index contributed by atoms with van der Waals surface area (Å²) in [7, 11) is 1.70. The van der Waals surface area contributed by atoms with Crippen LogP contribution in [0.25, 0.3) is 0 Å². The third-order valence-corrected chi connectivity index (χ3v) is 4.56. The average molecular weight is 504 g/mol. The van der Waals surface area contributed by atoms with E-state index >= 15 is 0 Å². The average Bonchev–Trinajstić information content (AvgIpc) is 2.69. The normalized spacial score (nSPS) is 17.0. The molecule has 2 heterocycles. The number of carbonyl (C=O) groups is 1. The predicted octanol–water partition coefficient (Wildman–Crippen LogP) is 1.49. The second kappa shape index (κ2) is 13.5. The first-order valence-electron chi connectivity index (χ1n) is 9.65. The molecule has 1 atom stereocenters. The predicted molar refractivity (Wildman–Crippen MR) is 123 cm³/mol. The van der Waals surface area contributed by atoms with Gasteiger partial charge in [0.2, 0.25) is 5.91 Å². The number of aromatic nitrogens is 1. The lowest BCUT2D eigenvalue weighted by atomic mass is 9.97. The zero-order valence-electron chi connectivity index (χ0n) is 16.8. The number of aliphatic imine (C=N–C) groups is 1. The molecule has 1 amide bonds. The summed E-state index contributed by atoms with van der Waals surface area (Å²) in [5.74, 6) is 1.32. The number of piperidine rings is 1. The van der Waals surface area contributed by atoms with E-state index in [0.29, 0.717) is 13.1 Å². The molecule has 9 heteroatoms. The minimum Gasteiger partial charge on any atom is -0.385 e. The first-order valence-corrected chi connectivity index (χ1v) is 9.65. The molecule has 1 aromatic heterocycles. The van der Waals surface area contributed by atoms with Crippen molar-refractivity contribution in [2.45, 2.75) is 32.7 Å². The third-order valence-electron chi connectivity index (χ3n) is 4.56. The molecule has 1 aromatic rings. The summed E-state index contributed by atoms with van der Waals surface area (Å²) in [5, 5.41) is 6.56. The van der Waals surface area contributed by atoms with Crippen molar-refractivity contribution in [3.05, 3.63) is 23.9 Å². The van der Waals surface area contributed by atoms with Crippen molar-refractivity contribution >= 4 is 41.7 Å². The summed E-state index contributed by atoms with van der Waals surface area (Å²) in [6.45, 7) is 6.37. The van der Waals surface area contributed by atoms with Crippen LogP contribution in [-0.2, 0) is 16.1 Å². The second-order valence-corrected chi connectivity index (χ2v) is 6.64. The zero-order valence-corrected chi connectivity index (χ0v) is 19.1. The summed E-state index contributed by atoms with van der Waals surface area (Å²) in [6.07, 6.45) is 4.49. The summed E-state index contributed by atoms with van der Waals surface area (Å²) >= 11 is 0. The molecule has 0 radical (unpaired) electrons. The molecule has 158 valence electrons. The number of amides is 1. The Morgan fingerprint density at radius 2 is 2.29 bits per heavy atom. The van der Waals surface area contributed by atoms with E-state index in [1.54, 1.807) is 13.3 Å². The Hall–Kier alpha value is -1.62. The van der Waals surface area contributed by atoms with Gasteiger partial charge in [-0.2, -0.15) is 0 Å². The highest BCUT2D eigenvalue weighted by Gasteiger charge is 2.25. The molecule has 0 saturated carbocycles. The summed E-state index contributed by atoms with van der Waals surface area (Å²) in [6, 6.07) is 3.96. The van der Waals surface area contributed by atoms with Crippen LogP contribution in [0, 0.1) is 5.92 Å². The highest BCUT2D eigenvalue weighted by atomic mass is 127. The molecule has 1 aliphatic heterocycles. The van der Waals surface area contributed by atoms with Gasteiger partial charge in [0, 0.05) is 51.7 Å². The highest BCUT2D eigenvalue weighted by Crippen LogP contribution is 2.24. The van der Waals surface area contributed by atoms with Crippen molar-refractivity contribution in [2.75, 3.05) is 44.8 Å². The lowest BCUT2D eigenvalue weighted by molar-refractivity contribution is -0.122. The number of ether oxygens (including phenoxy) is 1. The van der Waals surface area contributed by atoms with Gasteiger partial charge in [0.25, 0.3) is 0 Å². The summed E-state index contributed by atoms with van der Waals surface area (Å²) < 4.78 is 5.07. The van der Waals surface area contributed by atoms with Gasteiger partial charge in [0.15, 0.2) is 5.96 Å². The van der Waals surface area contributed by atoms with Crippen LogP contribution in [0.4, 0.5) is 5.82 Å². The molecular weight excluding hydrogens is 471 g/mol. The number of halogens is 1. The lowest BCUT2D eigenvalue weighted by Crippen LogP contribution is -2.42. The first kappa shape index (κ1) is 24.4. The topological polar surface area (TPSA) is 105 Å². The molecule has 2 rings (SSSR count). The number of carbonyl (C=O) groups excluding carboxylic acids is 1. The molecule has 1 saturated heterocycles. The van der Waals surface area contributed by atoms with Crippen molar-refractivity contribution in [2.24, 2.45) is 16.6 Å². The Bertz CT molecular complexity index is 628. The number of hydrogen-bond donors (Lipinski definition) is 3. The number of guanidine groups is 1. The van der Waals surface area contributed by atoms with Crippen LogP contribution in [0.1, 0.15) is 31.7 Å². The van der Waals surface area contributed by atoms with E-state index in [9.17, 15) is 4.79 Å². The number of hydrogen-bond acceptors (Lipinski definition) is 5. The maximum Gasteiger partial charge on any atom is 0.222 e. The maximum absolute atomic E-state index is 11.6. The standard InChI is InChI=1S/C19H32N6O2.HI/c1-3-21-19(23-10-6-12-27-2)24-13-15-7-4-9-22-18(15)25-11-5-8-16(14-25)17(20)26;/h4,7,9,16H,3,5-6,8,10-14H2,1-2H3,(H2,20,26)(H2,21,23,24);1H. The molecule has 0 bridgehead atoms. The number of pyridine rings is 1. The van der Waals surface area contributed by atoms with Crippen molar-refractivity contribution in [1.29, 1.82) is 0 Å². The van der Waals surface area contributed by atoms with E-state index in [1.807, 2.05) is 19.1 Å². The fourth-order valence-electron chi connectivity index (χ4n) is 3.17. The molecule has 4 N–H and O–H groups in total. The number of methoxy groups -OCH3 is 1. The van der Waals surface area contributed by atoms with Gasteiger partial charge in [-0.3, -0.25) is 4.79 Å². The summed E-state index contributed by atoms with van der Waals surface area (Å²) in [5.41, 5.74) is 6.55. The third kappa shape index (κ3) is 7.78. The van der Waals surface area contributed by atoms with Crippen molar-refractivity contribution in [1.82, 2.24) is 15.6 Å². The monoisotopic (exact) mass is 504 g/mol.